The van der Waals surface area contributed by atoms with Crippen molar-refractivity contribution in [1.29, 1.82) is 0 Å². The number of hydrogen-bond acceptors (Lipinski definition) is 4. The fourth-order valence-electron chi connectivity index (χ4n) is 3.76. The number of allylic oxidation sites excluding steroid dienone is 2. The second-order valence-electron chi connectivity index (χ2n) is 7.58. The molecule has 0 saturated heterocycles. The summed E-state index contributed by atoms with van der Waals surface area (Å²) in [6.45, 7) is 0. The molecule has 0 aliphatic heterocycles. The Balaban J connectivity index is 1.82. The summed E-state index contributed by atoms with van der Waals surface area (Å²) >= 11 is 0. The number of unbranched alkanes of at least 4 members (excludes halogenated alkanes) is 1. The highest BCUT2D eigenvalue weighted by Gasteiger charge is 2.39. The van der Waals surface area contributed by atoms with Crippen LogP contribution in [0.5, 0.6) is 0 Å². The Morgan fingerprint density at radius 2 is 1.89 bits per heavy atom. The molecule has 1 fully saturated rings. The fraction of sp³-hybridized carbons (Fsp3) is 0.522. The summed E-state index contributed by atoms with van der Waals surface area (Å²) in [5.41, 5.74) is 1.18. The van der Waals surface area contributed by atoms with Crippen LogP contribution in [0.15, 0.2) is 54.6 Å². The van der Waals surface area contributed by atoms with Gasteiger partial charge in [0.2, 0.25) is 0 Å². The Morgan fingerprint density at radius 1 is 1.14 bits per heavy atom. The van der Waals surface area contributed by atoms with E-state index in [9.17, 15) is 20.1 Å². The fourth-order valence-corrected chi connectivity index (χ4v) is 3.76. The molecule has 0 aromatic heterocycles. The average Bonchev–Trinajstić information content (AvgIpc) is 2.94. The molecule has 154 valence electrons. The quantitative estimate of drug-likeness (QED) is 0.345. The molecule has 0 radical (unpaired) electrons. The molecule has 1 aromatic rings. The third kappa shape index (κ3) is 7.58. The standard InChI is InChI=1S/C23H32O5/c24-18(13-12-17-8-4-3-5-9-17)14-15-20-19(21(25)16-22(20)26)10-6-1-2-7-11-23(27)28/h1,3-6,8-9,14-15,18-22,24-26H,2,7,10-13,16H2,(H,27,28)/b6-1+,15-14?/t18-,19+,20+,21-,22+/m0/s1. The van der Waals surface area contributed by atoms with E-state index in [1.54, 1.807) is 6.08 Å². The van der Waals surface area contributed by atoms with E-state index >= 15 is 0 Å². The van der Waals surface area contributed by atoms with Gasteiger partial charge in [-0.1, -0.05) is 54.6 Å². The zero-order valence-electron chi connectivity index (χ0n) is 16.2. The maximum Gasteiger partial charge on any atom is 0.303 e. The van der Waals surface area contributed by atoms with Gasteiger partial charge in [-0.2, -0.15) is 0 Å². The van der Waals surface area contributed by atoms with Gasteiger partial charge >= 0.3 is 5.97 Å². The van der Waals surface area contributed by atoms with Crippen molar-refractivity contribution in [3.05, 3.63) is 60.2 Å². The summed E-state index contributed by atoms with van der Waals surface area (Å²) in [5.74, 6) is -1.08. The summed E-state index contributed by atoms with van der Waals surface area (Å²) in [4.78, 5) is 10.5. The van der Waals surface area contributed by atoms with Gasteiger partial charge in [-0.15, -0.1) is 0 Å². The number of aliphatic hydroxyl groups is 3. The smallest absolute Gasteiger partial charge is 0.303 e. The maximum atomic E-state index is 10.5. The van der Waals surface area contributed by atoms with E-state index < -0.39 is 24.3 Å². The molecule has 28 heavy (non-hydrogen) atoms. The first-order chi connectivity index (χ1) is 13.5. The van der Waals surface area contributed by atoms with Crippen LogP contribution in [0.1, 0.15) is 44.1 Å². The molecule has 1 aliphatic carbocycles. The predicted molar refractivity (Wildman–Crippen MR) is 109 cm³/mol. The van der Waals surface area contributed by atoms with Gasteiger partial charge in [0.05, 0.1) is 18.3 Å². The van der Waals surface area contributed by atoms with E-state index in [1.807, 2.05) is 48.6 Å². The third-order valence-corrected chi connectivity index (χ3v) is 5.38. The number of aliphatic carboxylic acids is 1. The van der Waals surface area contributed by atoms with Crippen molar-refractivity contribution in [2.75, 3.05) is 0 Å². The highest BCUT2D eigenvalue weighted by atomic mass is 16.4. The average molecular weight is 389 g/mol. The molecule has 4 N–H and O–H groups in total. The van der Waals surface area contributed by atoms with E-state index in [-0.39, 0.29) is 18.3 Å². The van der Waals surface area contributed by atoms with Gasteiger partial charge in [0.15, 0.2) is 0 Å². The first-order valence-corrected chi connectivity index (χ1v) is 10.1. The number of carbonyl (C=O) groups is 1. The zero-order chi connectivity index (χ0) is 20.4. The van der Waals surface area contributed by atoms with Crippen molar-refractivity contribution < 1.29 is 25.2 Å². The maximum absolute atomic E-state index is 10.5. The normalized spacial score (nSPS) is 26.2. The van der Waals surface area contributed by atoms with Gasteiger partial charge in [-0.05, 0) is 43.6 Å². The molecule has 0 bridgehead atoms. The van der Waals surface area contributed by atoms with Crippen LogP contribution in [0, 0.1) is 11.8 Å². The number of aliphatic hydroxyl groups excluding tert-OH is 3. The van der Waals surface area contributed by atoms with Gasteiger partial charge in [0.25, 0.3) is 0 Å². The summed E-state index contributed by atoms with van der Waals surface area (Å²) in [6.07, 6.45) is 9.51. The van der Waals surface area contributed by atoms with Crippen LogP contribution in [0.25, 0.3) is 0 Å². The number of aryl methyl sites for hydroxylation is 1. The molecule has 5 nitrogen and oxygen atoms in total. The second kappa shape index (κ2) is 11.8. The lowest BCUT2D eigenvalue weighted by atomic mass is 9.89. The molecule has 0 heterocycles. The molecular formula is C23H32O5. The summed E-state index contributed by atoms with van der Waals surface area (Å²) in [6, 6.07) is 9.99. The lowest BCUT2D eigenvalue weighted by Gasteiger charge is -2.19. The lowest BCUT2D eigenvalue weighted by molar-refractivity contribution is -0.137. The third-order valence-electron chi connectivity index (χ3n) is 5.38. The van der Waals surface area contributed by atoms with Crippen LogP contribution in [0.4, 0.5) is 0 Å². The lowest BCUT2D eigenvalue weighted by Crippen LogP contribution is -2.20. The van der Waals surface area contributed by atoms with Gasteiger partial charge in [0.1, 0.15) is 0 Å². The molecule has 1 aromatic carbocycles. The minimum Gasteiger partial charge on any atom is -0.481 e. The zero-order valence-corrected chi connectivity index (χ0v) is 16.2. The van der Waals surface area contributed by atoms with Crippen LogP contribution in [0.2, 0.25) is 0 Å². The van der Waals surface area contributed by atoms with Gasteiger partial charge < -0.3 is 20.4 Å². The molecular weight excluding hydrogens is 356 g/mol. The van der Waals surface area contributed by atoms with Crippen LogP contribution >= 0.6 is 0 Å². The first kappa shape index (κ1) is 22.3. The van der Waals surface area contributed by atoms with E-state index in [4.69, 9.17) is 5.11 Å². The van der Waals surface area contributed by atoms with Crippen molar-refractivity contribution in [2.24, 2.45) is 11.8 Å². The summed E-state index contributed by atoms with van der Waals surface area (Å²) in [5, 5.41) is 39.4. The molecule has 1 aliphatic rings. The minimum atomic E-state index is -0.793. The number of rotatable bonds is 11. The van der Waals surface area contributed by atoms with Crippen molar-refractivity contribution >= 4 is 5.97 Å². The van der Waals surface area contributed by atoms with E-state index in [2.05, 4.69) is 0 Å². The van der Waals surface area contributed by atoms with Crippen molar-refractivity contribution in [2.45, 2.75) is 63.3 Å². The Labute approximate surface area is 167 Å². The van der Waals surface area contributed by atoms with E-state index in [0.717, 1.165) is 6.42 Å². The number of benzene rings is 1. The molecule has 1 saturated carbocycles. The SMILES string of the molecule is O=C(O)CCC/C=C/C[C@@H]1[C@@H](C=C[C@@H](O)CCc2ccccc2)[C@H](O)C[C@@H]1O. The largest absolute Gasteiger partial charge is 0.481 e. The highest BCUT2D eigenvalue weighted by Crippen LogP contribution is 2.36. The van der Waals surface area contributed by atoms with Gasteiger partial charge in [0, 0.05) is 18.8 Å². The van der Waals surface area contributed by atoms with E-state index in [1.165, 1.54) is 5.56 Å². The Morgan fingerprint density at radius 3 is 2.61 bits per heavy atom. The molecule has 5 atom stereocenters. The monoisotopic (exact) mass is 388 g/mol. The number of hydrogen-bond donors (Lipinski definition) is 4. The number of carboxylic acids is 1. The van der Waals surface area contributed by atoms with Crippen LogP contribution < -0.4 is 0 Å². The Kier molecular flexibility index (Phi) is 9.41. The predicted octanol–water partition coefficient (Wildman–Crippen LogP) is 3.10. The summed E-state index contributed by atoms with van der Waals surface area (Å²) in [7, 11) is 0. The first-order valence-electron chi connectivity index (χ1n) is 10.1. The summed E-state index contributed by atoms with van der Waals surface area (Å²) < 4.78 is 0. The van der Waals surface area contributed by atoms with Gasteiger partial charge in [-0.3, -0.25) is 4.79 Å². The van der Waals surface area contributed by atoms with Crippen molar-refractivity contribution in [3.63, 3.8) is 0 Å². The second-order valence-corrected chi connectivity index (χ2v) is 7.58. The van der Waals surface area contributed by atoms with Crippen molar-refractivity contribution in [3.8, 4) is 0 Å². The van der Waals surface area contributed by atoms with E-state index in [0.29, 0.717) is 32.1 Å². The van der Waals surface area contributed by atoms with Crippen LogP contribution in [-0.4, -0.2) is 44.7 Å². The Bertz CT molecular complexity index is 640. The molecule has 0 spiro atoms. The topological polar surface area (TPSA) is 98.0 Å². The molecule has 2 rings (SSSR count). The van der Waals surface area contributed by atoms with Crippen LogP contribution in [-0.2, 0) is 11.2 Å². The van der Waals surface area contributed by atoms with Gasteiger partial charge in [-0.25, -0.2) is 0 Å². The molecule has 0 amide bonds. The van der Waals surface area contributed by atoms with Crippen LogP contribution in [0.3, 0.4) is 0 Å². The Hall–Kier alpha value is -1.95. The number of carboxylic acid groups (broad SMARTS) is 1. The molecule has 5 heteroatoms. The minimum absolute atomic E-state index is 0.0942. The highest BCUT2D eigenvalue weighted by molar-refractivity contribution is 5.66. The van der Waals surface area contributed by atoms with Crippen molar-refractivity contribution in [1.82, 2.24) is 0 Å². The molecule has 0 unspecified atom stereocenters.